The van der Waals surface area contributed by atoms with Gasteiger partial charge in [-0.15, -0.1) is 0 Å². The third kappa shape index (κ3) is 3.37. The molecule has 2 unspecified atom stereocenters. The van der Waals surface area contributed by atoms with Crippen molar-refractivity contribution in [2.45, 2.75) is 51.3 Å². The number of carbonyl (C=O) groups is 1. The van der Waals surface area contributed by atoms with Crippen molar-refractivity contribution in [2.75, 3.05) is 13.7 Å². The first-order chi connectivity index (χ1) is 9.65. The zero-order valence-corrected chi connectivity index (χ0v) is 12.3. The fourth-order valence-corrected chi connectivity index (χ4v) is 2.68. The first kappa shape index (κ1) is 15.0. The topological polar surface area (TPSA) is 82.2 Å². The van der Waals surface area contributed by atoms with Crippen LogP contribution < -0.4 is 11.1 Å². The van der Waals surface area contributed by atoms with Crippen LogP contribution in [0.5, 0.6) is 0 Å². The van der Waals surface area contributed by atoms with Gasteiger partial charge in [0.05, 0.1) is 17.9 Å². The van der Waals surface area contributed by atoms with E-state index >= 15 is 0 Å². The molecule has 1 aromatic rings. The van der Waals surface area contributed by atoms with Gasteiger partial charge in [-0.1, -0.05) is 0 Å². The van der Waals surface area contributed by atoms with E-state index in [1.807, 2.05) is 11.6 Å². The number of carbonyl (C=O) groups excluding carboxylic acids is 1. The Labute approximate surface area is 119 Å². The van der Waals surface area contributed by atoms with Crippen molar-refractivity contribution in [1.82, 2.24) is 15.1 Å². The van der Waals surface area contributed by atoms with E-state index in [1.165, 1.54) is 0 Å². The number of hydrogen-bond acceptors (Lipinski definition) is 4. The van der Waals surface area contributed by atoms with Crippen LogP contribution in [0.3, 0.4) is 0 Å². The Balaban J connectivity index is 1.94. The molecule has 0 aromatic carbocycles. The maximum Gasteiger partial charge on any atom is 0.254 e. The maximum atomic E-state index is 12.3. The van der Waals surface area contributed by atoms with Gasteiger partial charge in [-0.25, -0.2) is 0 Å². The molecule has 112 valence electrons. The fourth-order valence-electron chi connectivity index (χ4n) is 2.68. The van der Waals surface area contributed by atoms with Crippen molar-refractivity contribution in [3.8, 4) is 0 Å². The van der Waals surface area contributed by atoms with Crippen LogP contribution in [0.1, 0.15) is 41.7 Å². The van der Waals surface area contributed by atoms with E-state index in [0.29, 0.717) is 12.1 Å². The van der Waals surface area contributed by atoms with Crippen molar-refractivity contribution < 1.29 is 9.53 Å². The van der Waals surface area contributed by atoms with Gasteiger partial charge in [0, 0.05) is 25.4 Å². The summed E-state index contributed by atoms with van der Waals surface area (Å²) in [7, 11) is 1.72. The van der Waals surface area contributed by atoms with E-state index in [-0.39, 0.29) is 18.1 Å². The van der Waals surface area contributed by atoms with Gasteiger partial charge in [-0.2, -0.15) is 5.10 Å². The Morgan fingerprint density at radius 1 is 1.60 bits per heavy atom. The van der Waals surface area contributed by atoms with Crippen molar-refractivity contribution in [3.05, 3.63) is 17.5 Å². The molecule has 0 saturated heterocycles. The molecule has 1 aliphatic carbocycles. The molecule has 0 bridgehead atoms. The zero-order chi connectivity index (χ0) is 14.5. The Bertz CT molecular complexity index is 458. The number of nitrogens with one attached hydrogen (secondary N) is 1. The number of rotatable bonds is 6. The molecule has 2 rings (SSSR count). The zero-order valence-electron chi connectivity index (χ0n) is 12.3. The summed E-state index contributed by atoms with van der Waals surface area (Å²) in [5.74, 6) is -0.0387. The predicted molar refractivity (Wildman–Crippen MR) is 76.5 cm³/mol. The maximum absolute atomic E-state index is 12.3. The Hall–Kier alpha value is -1.40. The number of nitrogens with two attached hydrogens (primary N) is 1. The summed E-state index contributed by atoms with van der Waals surface area (Å²) in [5.41, 5.74) is 7.05. The highest BCUT2D eigenvalue weighted by molar-refractivity contribution is 5.95. The van der Waals surface area contributed by atoms with Gasteiger partial charge < -0.3 is 15.8 Å². The molecule has 6 nitrogen and oxygen atoms in total. The minimum absolute atomic E-state index is 0.0387. The van der Waals surface area contributed by atoms with Crippen molar-refractivity contribution in [3.63, 3.8) is 0 Å². The third-order valence-corrected chi connectivity index (χ3v) is 3.97. The van der Waals surface area contributed by atoms with Gasteiger partial charge in [0.15, 0.2) is 0 Å². The van der Waals surface area contributed by atoms with Gasteiger partial charge in [0.1, 0.15) is 0 Å². The van der Waals surface area contributed by atoms with E-state index in [4.69, 9.17) is 10.5 Å². The molecule has 2 atom stereocenters. The van der Waals surface area contributed by atoms with E-state index in [0.717, 1.165) is 37.9 Å². The number of hydrogen-bond donors (Lipinski definition) is 2. The van der Waals surface area contributed by atoms with Crippen LogP contribution in [-0.4, -0.2) is 41.5 Å². The molecule has 1 amide bonds. The number of aryl methyl sites for hydroxylation is 1. The highest BCUT2D eigenvalue weighted by Crippen LogP contribution is 2.22. The third-order valence-electron chi connectivity index (χ3n) is 3.97. The molecule has 1 aromatic heterocycles. The molecule has 0 spiro atoms. The standard InChI is InChI=1S/C14H24N4O2/c1-10-13(9-16-18(10)7-3-6-15)14(19)17-11-4-5-12(8-11)20-2/h9,11-12H,3-8,15H2,1-2H3,(H,17,19). The lowest BCUT2D eigenvalue weighted by Gasteiger charge is -2.12. The van der Waals surface area contributed by atoms with Crippen molar-refractivity contribution in [2.24, 2.45) is 5.73 Å². The van der Waals surface area contributed by atoms with Crippen LogP contribution >= 0.6 is 0 Å². The summed E-state index contributed by atoms with van der Waals surface area (Å²) in [4.78, 5) is 12.3. The highest BCUT2D eigenvalue weighted by atomic mass is 16.5. The summed E-state index contributed by atoms with van der Waals surface area (Å²) < 4.78 is 7.16. The monoisotopic (exact) mass is 280 g/mol. The first-order valence-corrected chi connectivity index (χ1v) is 7.21. The van der Waals surface area contributed by atoms with E-state index < -0.39 is 0 Å². The van der Waals surface area contributed by atoms with Gasteiger partial charge in [-0.05, 0) is 39.2 Å². The largest absolute Gasteiger partial charge is 0.381 e. The van der Waals surface area contributed by atoms with Crippen LogP contribution in [0.25, 0.3) is 0 Å². The molecule has 3 N–H and O–H groups in total. The first-order valence-electron chi connectivity index (χ1n) is 7.21. The second-order valence-corrected chi connectivity index (χ2v) is 5.35. The average molecular weight is 280 g/mol. The normalized spacial score (nSPS) is 22.1. The number of methoxy groups -OCH3 is 1. The van der Waals surface area contributed by atoms with Crippen LogP contribution in [0.15, 0.2) is 6.20 Å². The molecular formula is C14H24N4O2. The van der Waals surface area contributed by atoms with Gasteiger partial charge in [0.25, 0.3) is 5.91 Å². The lowest BCUT2D eigenvalue weighted by atomic mass is 10.2. The lowest BCUT2D eigenvalue weighted by Crippen LogP contribution is -2.33. The molecule has 1 fully saturated rings. The number of nitrogens with zero attached hydrogens (tertiary/aromatic N) is 2. The SMILES string of the molecule is COC1CCC(NC(=O)c2cnn(CCCN)c2C)C1. The van der Waals surface area contributed by atoms with Crippen LogP contribution in [0, 0.1) is 6.92 Å². The lowest BCUT2D eigenvalue weighted by molar-refractivity contribution is 0.0914. The van der Waals surface area contributed by atoms with Crippen LogP contribution in [0.4, 0.5) is 0 Å². The van der Waals surface area contributed by atoms with Crippen LogP contribution in [-0.2, 0) is 11.3 Å². The molecule has 1 saturated carbocycles. The Kier molecular flexibility index (Phi) is 5.14. The summed E-state index contributed by atoms with van der Waals surface area (Å²) in [5, 5.41) is 7.33. The molecule has 6 heteroatoms. The number of amides is 1. The minimum atomic E-state index is -0.0387. The van der Waals surface area contributed by atoms with E-state index in [9.17, 15) is 4.79 Å². The molecule has 1 aliphatic rings. The molecule has 1 heterocycles. The highest BCUT2D eigenvalue weighted by Gasteiger charge is 2.26. The van der Waals surface area contributed by atoms with Crippen molar-refractivity contribution in [1.29, 1.82) is 0 Å². The van der Waals surface area contributed by atoms with Crippen molar-refractivity contribution >= 4 is 5.91 Å². The fraction of sp³-hybridized carbons (Fsp3) is 0.714. The second kappa shape index (κ2) is 6.85. The predicted octanol–water partition coefficient (Wildman–Crippen LogP) is 0.838. The van der Waals surface area contributed by atoms with E-state index in [2.05, 4.69) is 10.4 Å². The molecule has 0 radical (unpaired) electrons. The molecule has 20 heavy (non-hydrogen) atoms. The summed E-state index contributed by atoms with van der Waals surface area (Å²) in [6, 6.07) is 0.208. The van der Waals surface area contributed by atoms with E-state index in [1.54, 1.807) is 13.3 Å². The van der Waals surface area contributed by atoms with Crippen LogP contribution in [0.2, 0.25) is 0 Å². The quantitative estimate of drug-likeness (QED) is 0.809. The van der Waals surface area contributed by atoms with Gasteiger partial charge in [0.2, 0.25) is 0 Å². The minimum Gasteiger partial charge on any atom is -0.381 e. The molecular weight excluding hydrogens is 256 g/mol. The number of ether oxygens (including phenoxy) is 1. The Morgan fingerprint density at radius 3 is 3.05 bits per heavy atom. The summed E-state index contributed by atoms with van der Waals surface area (Å²) >= 11 is 0. The summed E-state index contributed by atoms with van der Waals surface area (Å²) in [6.45, 7) is 3.30. The average Bonchev–Trinajstić information content (AvgIpc) is 3.03. The second-order valence-electron chi connectivity index (χ2n) is 5.35. The summed E-state index contributed by atoms with van der Waals surface area (Å²) in [6.07, 6.45) is 5.66. The van der Waals surface area contributed by atoms with Gasteiger partial charge >= 0.3 is 0 Å². The smallest absolute Gasteiger partial charge is 0.254 e. The molecule has 0 aliphatic heterocycles. The van der Waals surface area contributed by atoms with Gasteiger partial charge in [-0.3, -0.25) is 9.48 Å². The number of aromatic nitrogens is 2. The Morgan fingerprint density at radius 2 is 2.40 bits per heavy atom.